The van der Waals surface area contributed by atoms with E-state index in [1.54, 1.807) is 6.08 Å². The molecule has 0 fully saturated rings. The molecule has 0 aromatic heterocycles. The number of rotatable bonds is 13. The van der Waals surface area contributed by atoms with Gasteiger partial charge < -0.3 is 6.16 Å². The van der Waals surface area contributed by atoms with Crippen LogP contribution in [0.1, 0.15) is 79.0 Å². The molecule has 0 amide bonds. The van der Waals surface area contributed by atoms with Gasteiger partial charge in [-0.2, -0.15) is 0 Å². The van der Waals surface area contributed by atoms with Crippen LogP contribution < -0.4 is 29.6 Å². The molecule has 3 heteroatoms. The zero-order chi connectivity index (χ0) is 13.5. The number of ether oxygens (including phenoxy) is 1. The summed E-state index contributed by atoms with van der Waals surface area (Å²) in [4.78, 5) is 11.2. The van der Waals surface area contributed by atoms with Crippen molar-refractivity contribution < 1.29 is 40.5 Å². The summed E-state index contributed by atoms with van der Waals surface area (Å²) in [5.41, 5.74) is 0. The van der Waals surface area contributed by atoms with E-state index >= 15 is 0 Å². The van der Waals surface area contributed by atoms with Crippen LogP contribution in [0.2, 0.25) is 0 Å². The van der Waals surface area contributed by atoms with Gasteiger partial charge in [-0.1, -0.05) is 77.4 Å². The van der Waals surface area contributed by atoms with E-state index in [1.165, 1.54) is 51.4 Å². The maximum Gasteiger partial charge on any atom is 1.00 e. The minimum Gasteiger partial charge on any atom is -1.00 e. The zero-order valence-electron chi connectivity index (χ0n) is 14.1. The molecular weight excluding hydrogens is 247 g/mol. The Hall–Kier alpha value is 0.210. The summed E-state index contributed by atoms with van der Waals surface area (Å²) in [5, 5.41) is 0. The second-order valence-corrected chi connectivity index (χ2v) is 4.90. The standard InChI is InChI=1S/C16H30O2.Na.H/c1-3-5-6-7-8-9-10-11-12-13-14-16(17)18-15-4-2;;/h4H,2-3,5-15H2,1H3;;/q;+1;-1. The number of esters is 1. The van der Waals surface area contributed by atoms with Crippen LogP contribution in [0.3, 0.4) is 0 Å². The Kier molecular flexibility index (Phi) is 20.6. The molecule has 0 aliphatic carbocycles. The first kappa shape index (κ1) is 21.5. The largest absolute Gasteiger partial charge is 1.00 e. The van der Waals surface area contributed by atoms with Gasteiger partial charge in [0.2, 0.25) is 0 Å². The van der Waals surface area contributed by atoms with E-state index in [1.807, 2.05) is 0 Å². The van der Waals surface area contributed by atoms with Crippen LogP contribution in [0.5, 0.6) is 0 Å². The van der Waals surface area contributed by atoms with E-state index in [4.69, 9.17) is 4.74 Å². The molecule has 0 saturated heterocycles. The van der Waals surface area contributed by atoms with Gasteiger partial charge in [-0.15, -0.1) is 0 Å². The monoisotopic (exact) mass is 278 g/mol. The van der Waals surface area contributed by atoms with E-state index in [9.17, 15) is 4.79 Å². The molecule has 19 heavy (non-hydrogen) atoms. The van der Waals surface area contributed by atoms with Crippen LogP contribution in [0.15, 0.2) is 12.7 Å². The Balaban J connectivity index is -0.00000144. The SMILES string of the molecule is C=CCOC(=O)CCCCCCCCCCCC.[H-].[Na+]. The first-order chi connectivity index (χ1) is 8.81. The average molecular weight is 278 g/mol. The molecule has 0 bridgehead atoms. The molecule has 0 aromatic carbocycles. The Labute approximate surface area is 143 Å². The number of carbonyl (C=O) groups is 1. The molecule has 0 spiro atoms. The Morgan fingerprint density at radius 1 is 1.00 bits per heavy atom. The molecule has 0 atom stereocenters. The predicted octanol–water partition coefficient (Wildman–Crippen LogP) is 2.14. The average Bonchev–Trinajstić information content (AvgIpc) is 2.38. The van der Waals surface area contributed by atoms with Crippen molar-refractivity contribution in [2.45, 2.75) is 77.6 Å². The molecule has 2 nitrogen and oxygen atoms in total. The van der Waals surface area contributed by atoms with E-state index < -0.39 is 0 Å². The van der Waals surface area contributed by atoms with Gasteiger partial charge in [0.1, 0.15) is 6.61 Å². The number of unbranched alkanes of at least 4 members (excludes halogenated alkanes) is 9. The molecule has 0 aromatic rings. The maximum atomic E-state index is 11.2. The van der Waals surface area contributed by atoms with E-state index in [2.05, 4.69) is 13.5 Å². The Morgan fingerprint density at radius 3 is 1.95 bits per heavy atom. The van der Waals surface area contributed by atoms with Gasteiger partial charge in [-0.05, 0) is 6.42 Å². The molecular formula is C16H31NaO2. The quantitative estimate of drug-likeness (QED) is 0.223. The fourth-order valence-corrected chi connectivity index (χ4v) is 1.98. The molecule has 0 saturated carbocycles. The molecule has 108 valence electrons. The summed E-state index contributed by atoms with van der Waals surface area (Å²) in [6.45, 7) is 6.11. The topological polar surface area (TPSA) is 26.3 Å². The summed E-state index contributed by atoms with van der Waals surface area (Å²) < 4.78 is 4.92. The third kappa shape index (κ3) is 18.2. The van der Waals surface area contributed by atoms with Gasteiger partial charge >= 0.3 is 35.5 Å². The fraction of sp³-hybridized carbons (Fsp3) is 0.812. The van der Waals surface area contributed by atoms with Gasteiger partial charge in [0.05, 0.1) is 0 Å². The summed E-state index contributed by atoms with van der Waals surface area (Å²) in [7, 11) is 0. The molecule has 0 aliphatic heterocycles. The second-order valence-electron chi connectivity index (χ2n) is 4.90. The van der Waals surface area contributed by atoms with Crippen LogP contribution in [0.4, 0.5) is 0 Å². The Morgan fingerprint density at radius 2 is 1.47 bits per heavy atom. The fourth-order valence-electron chi connectivity index (χ4n) is 1.98. The maximum absolute atomic E-state index is 11.2. The minimum atomic E-state index is -0.0885. The van der Waals surface area contributed by atoms with Gasteiger partial charge in [-0.3, -0.25) is 4.79 Å². The molecule has 0 radical (unpaired) electrons. The predicted molar refractivity (Wildman–Crippen MR) is 78.7 cm³/mol. The van der Waals surface area contributed by atoms with Crippen molar-refractivity contribution in [1.82, 2.24) is 0 Å². The first-order valence-corrected chi connectivity index (χ1v) is 7.57. The van der Waals surface area contributed by atoms with Crippen molar-refractivity contribution in [3.8, 4) is 0 Å². The van der Waals surface area contributed by atoms with Crippen LogP contribution in [0.25, 0.3) is 0 Å². The van der Waals surface area contributed by atoms with E-state index in [0.717, 1.165) is 12.8 Å². The molecule has 0 aliphatic rings. The molecule has 0 unspecified atom stereocenters. The molecule has 0 heterocycles. The van der Waals surface area contributed by atoms with Crippen molar-refractivity contribution in [3.63, 3.8) is 0 Å². The molecule has 0 rings (SSSR count). The van der Waals surface area contributed by atoms with Gasteiger partial charge in [0.15, 0.2) is 0 Å². The van der Waals surface area contributed by atoms with E-state index in [-0.39, 0.29) is 37.0 Å². The van der Waals surface area contributed by atoms with Crippen LogP contribution in [-0.4, -0.2) is 12.6 Å². The Bertz CT molecular complexity index is 211. The number of carbonyl (C=O) groups excluding carboxylic acids is 1. The van der Waals surface area contributed by atoms with Crippen LogP contribution in [0, 0.1) is 0 Å². The first-order valence-electron chi connectivity index (χ1n) is 7.57. The van der Waals surface area contributed by atoms with Crippen LogP contribution in [-0.2, 0) is 9.53 Å². The van der Waals surface area contributed by atoms with Gasteiger partial charge in [-0.25, -0.2) is 0 Å². The summed E-state index contributed by atoms with van der Waals surface area (Å²) in [6, 6.07) is 0. The van der Waals surface area contributed by atoms with Crippen molar-refractivity contribution in [2.24, 2.45) is 0 Å². The van der Waals surface area contributed by atoms with Crippen molar-refractivity contribution in [2.75, 3.05) is 6.61 Å². The summed E-state index contributed by atoms with van der Waals surface area (Å²) in [5.74, 6) is -0.0885. The number of hydrogen-bond acceptors (Lipinski definition) is 2. The van der Waals surface area contributed by atoms with Gasteiger partial charge in [0.25, 0.3) is 0 Å². The summed E-state index contributed by atoms with van der Waals surface area (Å²) in [6.07, 6.45) is 15.1. The van der Waals surface area contributed by atoms with Crippen LogP contribution >= 0.6 is 0 Å². The normalized spacial score (nSPS) is 9.74. The van der Waals surface area contributed by atoms with Gasteiger partial charge in [0, 0.05) is 6.42 Å². The third-order valence-corrected chi connectivity index (χ3v) is 3.10. The van der Waals surface area contributed by atoms with Crippen molar-refractivity contribution >= 4 is 5.97 Å². The summed E-state index contributed by atoms with van der Waals surface area (Å²) >= 11 is 0. The zero-order valence-corrected chi connectivity index (χ0v) is 15.1. The second kappa shape index (κ2) is 18.2. The number of hydrogen-bond donors (Lipinski definition) is 0. The molecule has 0 N–H and O–H groups in total. The van der Waals surface area contributed by atoms with E-state index in [0.29, 0.717) is 13.0 Å². The van der Waals surface area contributed by atoms with Crippen molar-refractivity contribution in [3.05, 3.63) is 12.7 Å². The third-order valence-electron chi connectivity index (χ3n) is 3.10. The van der Waals surface area contributed by atoms with Crippen molar-refractivity contribution in [1.29, 1.82) is 0 Å². The minimum absolute atomic E-state index is 0. The smallest absolute Gasteiger partial charge is 1.00 e.